The first kappa shape index (κ1) is 13.8. The molecule has 0 bridgehead atoms. The third-order valence-electron chi connectivity index (χ3n) is 3.77. The summed E-state index contributed by atoms with van der Waals surface area (Å²) in [5.74, 6) is 0.566. The summed E-state index contributed by atoms with van der Waals surface area (Å²) >= 11 is 6.49. The van der Waals surface area contributed by atoms with E-state index in [2.05, 4.69) is 26.6 Å². The Bertz CT molecular complexity index is 279. The second-order valence-corrected chi connectivity index (χ2v) is 11.4. The fourth-order valence-corrected chi connectivity index (χ4v) is 4.93. The molecule has 2 fully saturated rings. The molecule has 0 amide bonds. The van der Waals surface area contributed by atoms with Crippen molar-refractivity contribution in [3.63, 3.8) is 0 Å². The summed E-state index contributed by atoms with van der Waals surface area (Å²) in [7, 11) is -1.61. The third-order valence-corrected chi connectivity index (χ3v) is 5.27. The number of hydrogen-bond donors (Lipinski definition) is 0. The summed E-state index contributed by atoms with van der Waals surface area (Å²) in [5, 5.41) is 0.0577. The van der Waals surface area contributed by atoms with E-state index in [1.807, 2.05) is 0 Å². The Morgan fingerprint density at radius 2 is 1.94 bits per heavy atom. The Hall–Kier alpha value is 0.427. The van der Waals surface area contributed by atoms with Crippen LogP contribution in [0.4, 0.5) is 0 Å². The molecule has 4 heteroatoms. The van der Waals surface area contributed by atoms with Crippen LogP contribution in [0.2, 0.25) is 19.6 Å². The van der Waals surface area contributed by atoms with Gasteiger partial charge in [-0.15, -0.1) is 11.6 Å². The largest absolute Gasteiger partial charge is 0.389 e. The van der Waals surface area contributed by atoms with Gasteiger partial charge in [0.25, 0.3) is 0 Å². The zero-order valence-electron chi connectivity index (χ0n) is 11.5. The highest BCUT2D eigenvalue weighted by atomic mass is 35.5. The lowest BCUT2D eigenvalue weighted by molar-refractivity contribution is -0.125. The Morgan fingerprint density at radius 1 is 1.24 bits per heavy atom. The van der Waals surface area contributed by atoms with E-state index in [1.165, 1.54) is 19.3 Å². The third kappa shape index (κ3) is 2.88. The van der Waals surface area contributed by atoms with Crippen LogP contribution in [0.5, 0.6) is 0 Å². The van der Waals surface area contributed by atoms with Gasteiger partial charge in [-0.05, 0) is 32.0 Å². The fraction of sp³-hybridized carbons (Fsp3) is 1.00. The summed E-state index contributed by atoms with van der Waals surface area (Å²) in [5.41, 5.74) is 0. The molecule has 0 radical (unpaired) electrons. The van der Waals surface area contributed by atoms with Crippen molar-refractivity contribution in [2.75, 3.05) is 6.61 Å². The van der Waals surface area contributed by atoms with Gasteiger partial charge >= 0.3 is 0 Å². The SMILES string of the molecule is CC1CCCCCOC2(O[Si](C)(C)C)C(Cl)C12. The summed E-state index contributed by atoms with van der Waals surface area (Å²) in [6, 6.07) is 0. The lowest BCUT2D eigenvalue weighted by atomic mass is 9.98. The van der Waals surface area contributed by atoms with Crippen molar-refractivity contribution < 1.29 is 9.16 Å². The van der Waals surface area contributed by atoms with Crippen LogP contribution in [0.15, 0.2) is 0 Å². The van der Waals surface area contributed by atoms with E-state index >= 15 is 0 Å². The van der Waals surface area contributed by atoms with Gasteiger partial charge in [0.05, 0.1) is 12.0 Å². The average molecular weight is 277 g/mol. The maximum Gasteiger partial charge on any atom is 0.187 e. The maximum atomic E-state index is 6.49. The van der Waals surface area contributed by atoms with E-state index in [4.69, 9.17) is 20.8 Å². The first-order chi connectivity index (χ1) is 7.87. The van der Waals surface area contributed by atoms with Crippen LogP contribution < -0.4 is 0 Å². The minimum absolute atomic E-state index is 0.0577. The monoisotopic (exact) mass is 276 g/mol. The molecular weight excluding hydrogens is 252 g/mol. The Kier molecular flexibility index (Phi) is 3.94. The second kappa shape index (κ2) is 4.84. The van der Waals surface area contributed by atoms with Gasteiger partial charge in [0.1, 0.15) is 0 Å². The van der Waals surface area contributed by atoms with Gasteiger partial charge in [-0.1, -0.05) is 26.2 Å². The normalized spacial score (nSPS) is 43.2. The molecule has 0 aromatic heterocycles. The number of rotatable bonds is 2. The van der Waals surface area contributed by atoms with Crippen LogP contribution in [0.25, 0.3) is 0 Å². The van der Waals surface area contributed by atoms with Crippen molar-refractivity contribution in [3.8, 4) is 0 Å². The van der Waals surface area contributed by atoms with Gasteiger partial charge in [0.2, 0.25) is 0 Å². The van der Waals surface area contributed by atoms with Crippen LogP contribution in [-0.2, 0) is 9.16 Å². The zero-order chi connectivity index (χ0) is 12.7. The van der Waals surface area contributed by atoms with E-state index in [0.29, 0.717) is 11.8 Å². The van der Waals surface area contributed by atoms with Crippen LogP contribution >= 0.6 is 11.6 Å². The Balaban J connectivity index is 2.12. The highest BCUT2D eigenvalue weighted by molar-refractivity contribution is 6.69. The zero-order valence-corrected chi connectivity index (χ0v) is 13.2. The van der Waals surface area contributed by atoms with Crippen LogP contribution in [0.1, 0.15) is 32.6 Å². The Morgan fingerprint density at radius 3 is 2.59 bits per heavy atom. The Labute approximate surface area is 111 Å². The van der Waals surface area contributed by atoms with Crippen molar-refractivity contribution >= 4 is 19.9 Å². The van der Waals surface area contributed by atoms with Crippen molar-refractivity contribution in [2.24, 2.45) is 11.8 Å². The number of hydrogen-bond acceptors (Lipinski definition) is 2. The molecule has 0 aromatic carbocycles. The first-order valence-electron chi connectivity index (χ1n) is 6.85. The van der Waals surface area contributed by atoms with Crippen LogP contribution in [-0.4, -0.2) is 26.1 Å². The first-order valence-corrected chi connectivity index (χ1v) is 10.7. The van der Waals surface area contributed by atoms with Crippen molar-refractivity contribution in [1.29, 1.82) is 0 Å². The molecule has 1 saturated heterocycles. The smallest absolute Gasteiger partial charge is 0.187 e. The molecule has 1 saturated carbocycles. The van der Waals surface area contributed by atoms with E-state index in [1.54, 1.807) is 0 Å². The van der Waals surface area contributed by atoms with E-state index in [9.17, 15) is 0 Å². The molecule has 1 aliphatic heterocycles. The van der Waals surface area contributed by atoms with Gasteiger partial charge in [-0.3, -0.25) is 0 Å². The minimum atomic E-state index is -1.61. The van der Waals surface area contributed by atoms with Crippen molar-refractivity contribution in [1.82, 2.24) is 0 Å². The molecule has 17 heavy (non-hydrogen) atoms. The standard InChI is InChI=1S/C13H25ClO2Si/c1-10-8-6-5-7-9-15-13(11(10)12(13)14)16-17(2,3)4/h10-12H,5-9H2,1-4H3. The molecule has 1 aliphatic carbocycles. The highest BCUT2D eigenvalue weighted by Crippen LogP contribution is 2.58. The molecule has 2 aliphatic rings. The van der Waals surface area contributed by atoms with E-state index in [-0.39, 0.29) is 5.38 Å². The molecule has 0 spiro atoms. The maximum absolute atomic E-state index is 6.49. The lowest BCUT2D eigenvalue weighted by Crippen LogP contribution is -2.38. The molecule has 0 aromatic rings. The number of halogens is 1. The quantitative estimate of drug-likeness (QED) is 0.561. The molecule has 1 heterocycles. The molecule has 100 valence electrons. The second-order valence-electron chi connectivity index (χ2n) is 6.54. The summed E-state index contributed by atoms with van der Waals surface area (Å²) in [6.07, 6.45) is 4.97. The van der Waals surface area contributed by atoms with E-state index in [0.717, 1.165) is 13.0 Å². The summed E-state index contributed by atoms with van der Waals surface area (Å²) < 4.78 is 12.4. The summed E-state index contributed by atoms with van der Waals surface area (Å²) in [6.45, 7) is 9.73. The topological polar surface area (TPSA) is 18.5 Å². The molecule has 0 N–H and O–H groups in total. The van der Waals surface area contributed by atoms with Gasteiger partial charge in [-0.2, -0.15) is 0 Å². The van der Waals surface area contributed by atoms with Gasteiger partial charge in [0.15, 0.2) is 14.1 Å². The lowest BCUT2D eigenvalue weighted by Gasteiger charge is -2.28. The van der Waals surface area contributed by atoms with Crippen LogP contribution in [0.3, 0.4) is 0 Å². The molecule has 2 nitrogen and oxygen atoms in total. The number of alkyl halides is 1. The molecule has 4 atom stereocenters. The number of fused-ring (bicyclic) bond motifs is 1. The predicted octanol–water partition coefficient (Wildman–Crippen LogP) is 4.00. The van der Waals surface area contributed by atoms with Gasteiger partial charge in [0, 0.05) is 5.92 Å². The average Bonchev–Trinajstić information content (AvgIpc) is 2.69. The summed E-state index contributed by atoms with van der Waals surface area (Å²) in [4.78, 5) is 0. The molecule has 4 unspecified atom stereocenters. The predicted molar refractivity (Wildman–Crippen MR) is 73.9 cm³/mol. The fourth-order valence-electron chi connectivity index (χ4n) is 2.98. The van der Waals surface area contributed by atoms with Crippen molar-refractivity contribution in [2.45, 2.75) is 63.4 Å². The van der Waals surface area contributed by atoms with Gasteiger partial charge < -0.3 is 9.16 Å². The van der Waals surface area contributed by atoms with Crippen LogP contribution in [0, 0.1) is 11.8 Å². The molecular formula is C13H25ClO2Si. The molecule has 2 rings (SSSR count). The van der Waals surface area contributed by atoms with Crippen molar-refractivity contribution in [3.05, 3.63) is 0 Å². The number of ether oxygens (including phenoxy) is 1. The minimum Gasteiger partial charge on any atom is -0.389 e. The van der Waals surface area contributed by atoms with Gasteiger partial charge in [-0.25, -0.2) is 0 Å². The highest BCUT2D eigenvalue weighted by Gasteiger charge is 2.69. The van der Waals surface area contributed by atoms with E-state index < -0.39 is 14.1 Å².